The molecule has 0 aliphatic rings. The summed E-state index contributed by atoms with van der Waals surface area (Å²) in [5.74, 6) is 0.996. The average molecular weight is 563 g/mol. The van der Waals surface area contributed by atoms with Gasteiger partial charge in [0.25, 0.3) is 0 Å². The molecule has 4 nitrogen and oxygen atoms in total. The van der Waals surface area contributed by atoms with Gasteiger partial charge in [0.2, 0.25) is 5.91 Å². The number of benzene rings is 2. The van der Waals surface area contributed by atoms with Crippen molar-refractivity contribution < 1.29 is 4.79 Å². The molecule has 0 aliphatic carbocycles. The number of halogens is 2. The summed E-state index contributed by atoms with van der Waals surface area (Å²) in [6.45, 7) is 8.35. The van der Waals surface area contributed by atoms with Gasteiger partial charge in [-0.25, -0.2) is 5.43 Å². The van der Waals surface area contributed by atoms with Gasteiger partial charge in [-0.1, -0.05) is 51.8 Å². The van der Waals surface area contributed by atoms with E-state index in [4.69, 9.17) is 0 Å². The van der Waals surface area contributed by atoms with Gasteiger partial charge in [0.05, 0.1) is 12.0 Å². The van der Waals surface area contributed by atoms with E-state index >= 15 is 0 Å². The monoisotopic (exact) mass is 561 g/mol. The van der Waals surface area contributed by atoms with Crippen molar-refractivity contribution in [1.29, 1.82) is 0 Å². The first-order valence-electron chi connectivity index (χ1n) is 9.87. The lowest BCUT2D eigenvalue weighted by Gasteiger charge is -2.13. The molecule has 31 heavy (non-hydrogen) atoms. The first kappa shape index (κ1) is 23.8. The molecule has 1 N–H and O–H groups in total. The zero-order valence-electron chi connectivity index (χ0n) is 18.0. The van der Waals surface area contributed by atoms with Crippen molar-refractivity contribution in [2.45, 2.75) is 33.4 Å². The summed E-state index contributed by atoms with van der Waals surface area (Å²) in [5, 5.41) is 4.20. The van der Waals surface area contributed by atoms with Gasteiger partial charge in [0.1, 0.15) is 0 Å². The van der Waals surface area contributed by atoms with Gasteiger partial charge >= 0.3 is 0 Å². The van der Waals surface area contributed by atoms with Crippen LogP contribution in [0.25, 0.3) is 5.69 Å². The molecule has 0 spiro atoms. The van der Waals surface area contributed by atoms with Gasteiger partial charge in [-0.3, -0.25) is 4.79 Å². The van der Waals surface area contributed by atoms with Crippen LogP contribution in [0.2, 0.25) is 0 Å². The quantitative estimate of drug-likeness (QED) is 0.260. The Morgan fingerprint density at radius 3 is 2.55 bits per heavy atom. The minimum absolute atomic E-state index is 0.118. The van der Waals surface area contributed by atoms with Crippen LogP contribution in [-0.2, 0) is 10.5 Å². The molecule has 0 atom stereocenters. The second kappa shape index (κ2) is 10.7. The van der Waals surface area contributed by atoms with Gasteiger partial charge < -0.3 is 4.57 Å². The Morgan fingerprint density at radius 1 is 1.10 bits per heavy atom. The number of carbonyl (C=O) groups is 1. The largest absolute Gasteiger partial charge is 0.316 e. The normalized spacial score (nSPS) is 11.3. The molecular formula is C24H25Br2N3OS. The third-order valence-electron chi connectivity index (χ3n) is 5.04. The molecule has 0 saturated carbocycles. The molecule has 0 unspecified atom stereocenters. The molecule has 0 radical (unpaired) electrons. The van der Waals surface area contributed by atoms with Crippen molar-refractivity contribution in [2.75, 3.05) is 5.75 Å². The third kappa shape index (κ3) is 5.70. The number of hydrogen-bond donors (Lipinski definition) is 1. The predicted octanol–water partition coefficient (Wildman–Crippen LogP) is 6.62. The standard InChI is InChI=1S/C24H25Br2N3OS/c1-15-9-10-22(16(2)11-15)29-17(3)20(24(26)18(29)4)12-27-28-23(30)14-31-13-19-7-5-6-8-21(19)25/h5-12H,13-14H2,1-4H3,(H,28,30)/b27-12-. The van der Waals surface area contributed by atoms with E-state index in [1.54, 1.807) is 18.0 Å². The molecule has 0 aliphatic heterocycles. The van der Waals surface area contributed by atoms with E-state index in [0.29, 0.717) is 5.75 Å². The Morgan fingerprint density at radius 2 is 1.84 bits per heavy atom. The third-order valence-corrected chi connectivity index (χ3v) is 7.80. The summed E-state index contributed by atoms with van der Waals surface area (Å²) in [7, 11) is 0. The maximum atomic E-state index is 12.2. The Bertz CT molecular complexity index is 1140. The summed E-state index contributed by atoms with van der Waals surface area (Å²) in [4.78, 5) is 12.2. The van der Waals surface area contributed by atoms with E-state index in [1.165, 1.54) is 16.7 Å². The SMILES string of the molecule is Cc1ccc(-n2c(C)c(Br)c(/C=N\NC(=O)CSCc3ccccc3Br)c2C)c(C)c1. The van der Waals surface area contributed by atoms with Crippen molar-refractivity contribution in [3.63, 3.8) is 0 Å². The van der Waals surface area contributed by atoms with Crippen LogP contribution in [0.4, 0.5) is 0 Å². The Balaban J connectivity index is 1.66. The summed E-state index contributed by atoms with van der Waals surface area (Å²) >= 11 is 8.79. The maximum absolute atomic E-state index is 12.2. The summed E-state index contributed by atoms with van der Waals surface area (Å²) in [6.07, 6.45) is 1.71. The van der Waals surface area contributed by atoms with Crippen molar-refractivity contribution in [2.24, 2.45) is 5.10 Å². The molecule has 1 heterocycles. The molecule has 0 fully saturated rings. The molecule has 7 heteroatoms. The number of amides is 1. The molecule has 1 aromatic heterocycles. The number of aryl methyl sites for hydroxylation is 2. The van der Waals surface area contributed by atoms with E-state index in [9.17, 15) is 4.79 Å². The number of nitrogens with zero attached hydrogens (tertiary/aromatic N) is 2. The number of nitrogens with one attached hydrogen (secondary N) is 1. The lowest BCUT2D eigenvalue weighted by molar-refractivity contribution is -0.118. The number of rotatable bonds is 7. The number of thioether (sulfide) groups is 1. The summed E-state index contributed by atoms with van der Waals surface area (Å²) in [6, 6.07) is 14.5. The topological polar surface area (TPSA) is 46.4 Å². The van der Waals surface area contributed by atoms with Crippen LogP contribution >= 0.6 is 43.6 Å². The molecule has 162 valence electrons. The van der Waals surface area contributed by atoms with Gasteiger partial charge in [0.15, 0.2) is 0 Å². The predicted molar refractivity (Wildman–Crippen MR) is 138 cm³/mol. The number of carbonyl (C=O) groups excluding carboxylic acids is 1. The highest BCUT2D eigenvalue weighted by Gasteiger charge is 2.17. The Labute approximate surface area is 204 Å². The molecule has 0 saturated heterocycles. The first-order valence-corrected chi connectivity index (χ1v) is 12.6. The molecule has 3 aromatic rings. The van der Waals surface area contributed by atoms with Crippen molar-refractivity contribution in [1.82, 2.24) is 9.99 Å². The van der Waals surface area contributed by atoms with E-state index in [1.807, 2.05) is 18.2 Å². The van der Waals surface area contributed by atoms with Crippen LogP contribution in [0.3, 0.4) is 0 Å². The molecule has 3 rings (SSSR count). The zero-order chi connectivity index (χ0) is 22.5. The van der Waals surface area contributed by atoms with Crippen molar-refractivity contribution >= 4 is 55.7 Å². The van der Waals surface area contributed by atoms with E-state index in [2.05, 4.69) is 98.9 Å². The number of hydrazone groups is 1. The molecule has 2 aromatic carbocycles. The summed E-state index contributed by atoms with van der Waals surface area (Å²) < 4.78 is 4.26. The lowest BCUT2D eigenvalue weighted by atomic mass is 10.1. The maximum Gasteiger partial charge on any atom is 0.250 e. The fourth-order valence-corrected chi connectivity index (χ4v) is 5.46. The van der Waals surface area contributed by atoms with E-state index < -0.39 is 0 Å². The highest BCUT2D eigenvalue weighted by Crippen LogP contribution is 2.31. The second-order valence-corrected chi connectivity index (χ2v) is 10.0. The number of aromatic nitrogens is 1. The van der Waals surface area contributed by atoms with Crippen molar-refractivity contribution in [3.8, 4) is 5.69 Å². The van der Waals surface area contributed by atoms with Crippen LogP contribution in [0.5, 0.6) is 0 Å². The molecular weight excluding hydrogens is 538 g/mol. The minimum atomic E-state index is -0.118. The Hall–Kier alpha value is -1.83. The highest BCUT2D eigenvalue weighted by molar-refractivity contribution is 9.10. The van der Waals surface area contributed by atoms with Crippen LogP contribution in [-0.4, -0.2) is 22.4 Å². The fraction of sp³-hybridized carbons (Fsp3) is 0.250. The van der Waals surface area contributed by atoms with Gasteiger partial charge in [-0.2, -0.15) is 5.10 Å². The fourth-order valence-electron chi connectivity index (χ4n) is 3.46. The molecule has 1 amide bonds. The number of hydrogen-bond acceptors (Lipinski definition) is 3. The smallest absolute Gasteiger partial charge is 0.250 e. The average Bonchev–Trinajstić information content (AvgIpc) is 2.93. The van der Waals surface area contributed by atoms with Crippen LogP contribution in [0.15, 0.2) is 56.5 Å². The van der Waals surface area contributed by atoms with E-state index in [-0.39, 0.29) is 5.91 Å². The Kier molecular flexibility index (Phi) is 8.19. The van der Waals surface area contributed by atoms with Crippen LogP contribution in [0, 0.1) is 27.7 Å². The second-order valence-electron chi connectivity index (χ2n) is 7.40. The highest BCUT2D eigenvalue weighted by atomic mass is 79.9. The van der Waals surface area contributed by atoms with Crippen molar-refractivity contribution in [3.05, 3.63) is 85.1 Å². The molecule has 0 bridgehead atoms. The van der Waals surface area contributed by atoms with Crippen LogP contribution < -0.4 is 5.43 Å². The lowest BCUT2D eigenvalue weighted by Crippen LogP contribution is -2.19. The minimum Gasteiger partial charge on any atom is -0.316 e. The summed E-state index contributed by atoms with van der Waals surface area (Å²) in [5.41, 5.74) is 10.5. The first-order chi connectivity index (χ1) is 14.8. The van der Waals surface area contributed by atoms with Gasteiger partial charge in [-0.05, 0) is 66.9 Å². The van der Waals surface area contributed by atoms with Gasteiger partial charge in [-0.15, -0.1) is 11.8 Å². The van der Waals surface area contributed by atoms with E-state index in [0.717, 1.165) is 37.3 Å². The van der Waals surface area contributed by atoms with Gasteiger partial charge in [0, 0.05) is 37.3 Å². The van der Waals surface area contributed by atoms with Crippen LogP contribution in [0.1, 0.15) is 33.6 Å². The zero-order valence-corrected chi connectivity index (χ0v) is 22.0.